The lowest BCUT2D eigenvalue weighted by Gasteiger charge is -2.12. The number of rotatable bonds is 2. The summed E-state index contributed by atoms with van der Waals surface area (Å²) in [6, 6.07) is 11.5. The van der Waals surface area contributed by atoms with Crippen LogP contribution in [0.3, 0.4) is 0 Å². The Morgan fingerprint density at radius 1 is 1.00 bits per heavy atom. The number of hydrogen-bond donors (Lipinski definition) is 1. The number of nitrogens with two attached hydrogens (primary N) is 1. The standard InChI is InChI=1S/C16H16N2O/c1-10-4-5-15(13(6-10)9-17)19-16-8-11(2)14(18)7-12(16)3/h4-8H,18H2,1-3H3. The van der Waals surface area contributed by atoms with E-state index in [2.05, 4.69) is 6.07 Å². The highest BCUT2D eigenvalue weighted by atomic mass is 16.5. The van der Waals surface area contributed by atoms with E-state index in [0.717, 1.165) is 28.1 Å². The molecule has 0 spiro atoms. The van der Waals surface area contributed by atoms with Gasteiger partial charge in [0.25, 0.3) is 0 Å². The van der Waals surface area contributed by atoms with E-state index in [1.807, 2.05) is 51.1 Å². The SMILES string of the molecule is Cc1ccc(Oc2cc(C)c(N)cc2C)c(C#N)c1. The van der Waals surface area contributed by atoms with E-state index in [0.29, 0.717) is 11.3 Å². The minimum Gasteiger partial charge on any atom is -0.456 e. The molecular weight excluding hydrogens is 236 g/mol. The average Bonchev–Trinajstić information content (AvgIpc) is 2.37. The van der Waals surface area contributed by atoms with E-state index in [1.54, 1.807) is 0 Å². The molecule has 0 aliphatic rings. The summed E-state index contributed by atoms with van der Waals surface area (Å²) in [5.74, 6) is 1.30. The van der Waals surface area contributed by atoms with Crippen molar-refractivity contribution in [2.75, 3.05) is 5.73 Å². The van der Waals surface area contributed by atoms with E-state index >= 15 is 0 Å². The number of anilines is 1. The van der Waals surface area contributed by atoms with Gasteiger partial charge in [-0.2, -0.15) is 5.26 Å². The maximum Gasteiger partial charge on any atom is 0.145 e. The van der Waals surface area contributed by atoms with Crippen LogP contribution in [0.4, 0.5) is 5.69 Å². The number of hydrogen-bond acceptors (Lipinski definition) is 3. The van der Waals surface area contributed by atoms with Gasteiger partial charge in [0.05, 0.1) is 5.56 Å². The molecule has 0 aliphatic heterocycles. The molecule has 3 heteroatoms. The lowest BCUT2D eigenvalue weighted by atomic mass is 10.1. The highest BCUT2D eigenvalue weighted by Crippen LogP contribution is 2.31. The van der Waals surface area contributed by atoms with E-state index in [9.17, 15) is 0 Å². The maximum atomic E-state index is 9.14. The summed E-state index contributed by atoms with van der Waals surface area (Å²) in [6.45, 7) is 5.82. The van der Waals surface area contributed by atoms with Crippen molar-refractivity contribution in [3.8, 4) is 17.6 Å². The Morgan fingerprint density at radius 2 is 1.74 bits per heavy atom. The lowest BCUT2D eigenvalue weighted by Crippen LogP contribution is -1.95. The van der Waals surface area contributed by atoms with Crippen LogP contribution in [0.2, 0.25) is 0 Å². The minimum atomic E-state index is 0.536. The molecule has 0 saturated carbocycles. The molecule has 96 valence electrons. The Hall–Kier alpha value is -2.47. The van der Waals surface area contributed by atoms with E-state index < -0.39 is 0 Å². The quantitative estimate of drug-likeness (QED) is 0.826. The fourth-order valence-electron chi connectivity index (χ4n) is 1.86. The van der Waals surface area contributed by atoms with Crippen LogP contribution in [0.1, 0.15) is 22.3 Å². The van der Waals surface area contributed by atoms with Crippen molar-refractivity contribution in [3.05, 3.63) is 52.6 Å². The molecular formula is C16H16N2O. The van der Waals surface area contributed by atoms with Crippen molar-refractivity contribution < 1.29 is 4.74 Å². The molecule has 2 aromatic rings. The van der Waals surface area contributed by atoms with Crippen LogP contribution in [-0.4, -0.2) is 0 Å². The molecule has 0 aromatic heterocycles. The van der Waals surface area contributed by atoms with Gasteiger partial charge < -0.3 is 10.5 Å². The van der Waals surface area contributed by atoms with Gasteiger partial charge in [-0.05, 0) is 61.7 Å². The van der Waals surface area contributed by atoms with Crippen LogP contribution < -0.4 is 10.5 Å². The van der Waals surface area contributed by atoms with Gasteiger partial charge in [-0.1, -0.05) is 6.07 Å². The monoisotopic (exact) mass is 252 g/mol. The molecule has 0 fully saturated rings. The third kappa shape index (κ3) is 2.69. The number of nitrogens with zero attached hydrogens (tertiary/aromatic N) is 1. The first-order valence-corrected chi connectivity index (χ1v) is 6.06. The third-order valence-corrected chi connectivity index (χ3v) is 3.04. The molecule has 2 rings (SSSR count). The van der Waals surface area contributed by atoms with Crippen LogP contribution in [0.25, 0.3) is 0 Å². The van der Waals surface area contributed by atoms with Crippen molar-refractivity contribution in [1.29, 1.82) is 5.26 Å². The van der Waals surface area contributed by atoms with Gasteiger partial charge in [-0.3, -0.25) is 0 Å². The Labute approximate surface area is 113 Å². The largest absolute Gasteiger partial charge is 0.456 e. The molecule has 0 unspecified atom stereocenters. The van der Waals surface area contributed by atoms with Gasteiger partial charge in [-0.25, -0.2) is 0 Å². The number of aryl methyl sites for hydroxylation is 3. The van der Waals surface area contributed by atoms with Crippen LogP contribution in [0, 0.1) is 32.1 Å². The van der Waals surface area contributed by atoms with Gasteiger partial charge in [-0.15, -0.1) is 0 Å². The van der Waals surface area contributed by atoms with Crippen molar-refractivity contribution in [1.82, 2.24) is 0 Å². The third-order valence-electron chi connectivity index (χ3n) is 3.04. The topological polar surface area (TPSA) is 59.0 Å². The number of nitriles is 1. The second-order valence-electron chi connectivity index (χ2n) is 4.69. The fraction of sp³-hybridized carbons (Fsp3) is 0.188. The van der Waals surface area contributed by atoms with Gasteiger partial charge in [0.2, 0.25) is 0 Å². The molecule has 0 atom stereocenters. The lowest BCUT2D eigenvalue weighted by molar-refractivity contribution is 0.477. The summed E-state index contributed by atoms with van der Waals surface area (Å²) >= 11 is 0. The highest BCUT2D eigenvalue weighted by molar-refractivity contribution is 5.55. The molecule has 19 heavy (non-hydrogen) atoms. The summed E-state index contributed by atoms with van der Waals surface area (Å²) in [6.07, 6.45) is 0. The first-order chi connectivity index (χ1) is 9.01. The predicted octanol–water partition coefficient (Wildman–Crippen LogP) is 3.86. The Kier molecular flexibility index (Phi) is 3.43. The Bertz CT molecular complexity index is 669. The first kappa shape index (κ1) is 13.0. The minimum absolute atomic E-state index is 0.536. The summed E-state index contributed by atoms with van der Waals surface area (Å²) in [5.41, 5.74) is 10.1. The molecule has 2 N–H and O–H groups in total. The maximum absolute atomic E-state index is 9.14. The number of ether oxygens (including phenoxy) is 1. The van der Waals surface area contributed by atoms with Gasteiger partial charge in [0.15, 0.2) is 0 Å². The normalized spacial score (nSPS) is 10.0. The van der Waals surface area contributed by atoms with E-state index in [-0.39, 0.29) is 0 Å². The second-order valence-corrected chi connectivity index (χ2v) is 4.69. The molecule has 0 radical (unpaired) electrons. The molecule has 0 amide bonds. The summed E-state index contributed by atoms with van der Waals surface area (Å²) in [7, 11) is 0. The summed E-state index contributed by atoms with van der Waals surface area (Å²) in [5, 5.41) is 9.14. The van der Waals surface area contributed by atoms with Crippen molar-refractivity contribution in [3.63, 3.8) is 0 Å². The van der Waals surface area contributed by atoms with Crippen LogP contribution in [-0.2, 0) is 0 Å². The fourth-order valence-corrected chi connectivity index (χ4v) is 1.86. The molecule has 2 aromatic carbocycles. The van der Waals surface area contributed by atoms with Crippen molar-refractivity contribution in [2.45, 2.75) is 20.8 Å². The van der Waals surface area contributed by atoms with Crippen LogP contribution >= 0.6 is 0 Å². The Morgan fingerprint density at radius 3 is 2.42 bits per heavy atom. The van der Waals surface area contributed by atoms with Gasteiger partial charge >= 0.3 is 0 Å². The molecule has 0 heterocycles. The van der Waals surface area contributed by atoms with Crippen molar-refractivity contribution in [2.24, 2.45) is 0 Å². The van der Waals surface area contributed by atoms with Crippen LogP contribution in [0.15, 0.2) is 30.3 Å². The number of nitrogen functional groups attached to an aromatic ring is 1. The molecule has 0 bridgehead atoms. The molecule has 0 saturated heterocycles. The molecule has 0 aliphatic carbocycles. The molecule has 3 nitrogen and oxygen atoms in total. The zero-order valence-corrected chi connectivity index (χ0v) is 11.3. The summed E-state index contributed by atoms with van der Waals surface area (Å²) in [4.78, 5) is 0. The Balaban J connectivity index is 2.42. The first-order valence-electron chi connectivity index (χ1n) is 6.06. The zero-order valence-electron chi connectivity index (χ0n) is 11.3. The number of benzene rings is 2. The zero-order chi connectivity index (χ0) is 14.0. The average molecular weight is 252 g/mol. The van der Waals surface area contributed by atoms with E-state index in [1.165, 1.54) is 0 Å². The second kappa shape index (κ2) is 5.03. The van der Waals surface area contributed by atoms with Crippen molar-refractivity contribution >= 4 is 5.69 Å². The highest BCUT2D eigenvalue weighted by Gasteiger charge is 2.08. The predicted molar refractivity (Wildman–Crippen MR) is 76.3 cm³/mol. The smallest absolute Gasteiger partial charge is 0.145 e. The van der Waals surface area contributed by atoms with Gasteiger partial charge in [0.1, 0.15) is 17.6 Å². The van der Waals surface area contributed by atoms with E-state index in [4.69, 9.17) is 15.7 Å². The van der Waals surface area contributed by atoms with Crippen LogP contribution in [0.5, 0.6) is 11.5 Å². The summed E-state index contributed by atoms with van der Waals surface area (Å²) < 4.78 is 5.84. The van der Waals surface area contributed by atoms with Gasteiger partial charge in [0, 0.05) is 5.69 Å².